The van der Waals surface area contributed by atoms with Gasteiger partial charge in [0.25, 0.3) is 0 Å². The van der Waals surface area contributed by atoms with E-state index in [1.165, 1.54) is 11.8 Å². The van der Waals surface area contributed by atoms with Crippen LogP contribution < -0.4 is 10.1 Å². The minimum absolute atomic E-state index is 0.0278. The number of rotatable bonds is 7. The number of hydrogen-bond acceptors (Lipinski definition) is 5. The molecule has 1 N–H and O–H groups in total. The van der Waals surface area contributed by atoms with E-state index in [0.717, 1.165) is 11.3 Å². The Morgan fingerprint density at radius 3 is 2.64 bits per heavy atom. The molecule has 1 saturated heterocycles. The van der Waals surface area contributed by atoms with Crippen LogP contribution in [0.4, 0.5) is 0 Å². The summed E-state index contributed by atoms with van der Waals surface area (Å²) in [7, 11) is -1.46. The second kappa shape index (κ2) is 8.33. The summed E-state index contributed by atoms with van der Waals surface area (Å²) in [5.74, 6) is 0.274. The topological polar surface area (TPSA) is 92.8 Å². The van der Waals surface area contributed by atoms with Gasteiger partial charge in [-0.05, 0) is 24.5 Å². The zero-order chi connectivity index (χ0) is 18.4. The maximum atomic E-state index is 12.1. The lowest BCUT2D eigenvalue weighted by Gasteiger charge is -2.22. The van der Waals surface area contributed by atoms with Gasteiger partial charge >= 0.3 is 0 Å². The van der Waals surface area contributed by atoms with Gasteiger partial charge in [0.1, 0.15) is 5.75 Å². The van der Waals surface area contributed by atoms with Crippen LogP contribution in [0, 0.1) is 0 Å². The van der Waals surface area contributed by atoms with Crippen LogP contribution in [0.5, 0.6) is 5.75 Å². The van der Waals surface area contributed by atoms with Gasteiger partial charge in [0, 0.05) is 19.5 Å². The van der Waals surface area contributed by atoms with Crippen LogP contribution in [0.25, 0.3) is 0 Å². The summed E-state index contributed by atoms with van der Waals surface area (Å²) < 4.78 is 28.2. The Morgan fingerprint density at radius 1 is 1.32 bits per heavy atom. The number of nitrogens with zero attached hydrogens (tertiary/aromatic N) is 1. The molecular weight excluding hydrogens is 344 g/mol. The maximum absolute atomic E-state index is 12.1. The summed E-state index contributed by atoms with van der Waals surface area (Å²) in [6.45, 7) is 1.71. The van der Waals surface area contributed by atoms with Crippen molar-refractivity contribution in [3.63, 3.8) is 0 Å². The number of ether oxygens (including phenoxy) is 1. The molecule has 1 aliphatic heterocycles. The number of sulfone groups is 1. The monoisotopic (exact) mass is 368 g/mol. The lowest BCUT2D eigenvalue weighted by atomic mass is 10.1. The van der Waals surface area contributed by atoms with E-state index < -0.39 is 9.84 Å². The Hall–Kier alpha value is -2.09. The van der Waals surface area contributed by atoms with Crippen molar-refractivity contribution in [2.75, 3.05) is 31.7 Å². The first kappa shape index (κ1) is 19.2. The van der Waals surface area contributed by atoms with E-state index in [0.29, 0.717) is 19.4 Å². The van der Waals surface area contributed by atoms with Crippen LogP contribution in [-0.2, 0) is 25.8 Å². The van der Waals surface area contributed by atoms with Crippen LogP contribution in [-0.4, -0.2) is 62.9 Å². The van der Waals surface area contributed by atoms with Crippen molar-refractivity contribution >= 4 is 21.7 Å². The normalized spacial score (nSPS) is 18.6. The van der Waals surface area contributed by atoms with Crippen molar-refractivity contribution in [2.24, 2.45) is 0 Å². The van der Waals surface area contributed by atoms with Crippen LogP contribution >= 0.6 is 0 Å². The Bertz CT molecular complexity index is 732. The van der Waals surface area contributed by atoms with E-state index in [4.69, 9.17) is 4.74 Å². The summed E-state index contributed by atoms with van der Waals surface area (Å²) in [5, 5.41) is 2.70. The SMILES string of the molecule is COc1ccccc1CCN(CC(=O)NC1CCS(=O)(=O)C1)C(C)=O. The van der Waals surface area contributed by atoms with Crippen LogP contribution in [0.1, 0.15) is 18.9 Å². The summed E-state index contributed by atoms with van der Waals surface area (Å²) >= 11 is 0. The molecule has 1 fully saturated rings. The number of nitrogens with one attached hydrogen (secondary N) is 1. The van der Waals surface area contributed by atoms with Crippen LogP contribution in [0.3, 0.4) is 0 Å². The zero-order valence-electron chi connectivity index (χ0n) is 14.5. The van der Waals surface area contributed by atoms with Gasteiger partial charge < -0.3 is 15.0 Å². The average molecular weight is 368 g/mol. The minimum Gasteiger partial charge on any atom is -0.496 e. The van der Waals surface area contributed by atoms with Crippen molar-refractivity contribution in [1.29, 1.82) is 0 Å². The molecule has 0 bridgehead atoms. The molecule has 2 amide bonds. The molecule has 8 heteroatoms. The average Bonchev–Trinajstić information content (AvgIpc) is 2.89. The van der Waals surface area contributed by atoms with Crippen molar-refractivity contribution in [2.45, 2.75) is 25.8 Å². The molecule has 0 aromatic heterocycles. The molecule has 0 radical (unpaired) electrons. The van der Waals surface area contributed by atoms with Gasteiger partial charge in [0.15, 0.2) is 9.84 Å². The highest BCUT2D eigenvalue weighted by atomic mass is 32.2. The molecule has 0 saturated carbocycles. The molecule has 2 rings (SSSR count). The molecule has 1 atom stereocenters. The lowest BCUT2D eigenvalue weighted by molar-refractivity contribution is -0.134. The molecule has 1 aromatic rings. The maximum Gasteiger partial charge on any atom is 0.239 e. The Morgan fingerprint density at radius 2 is 2.04 bits per heavy atom. The third kappa shape index (κ3) is 5.74. The van der Waals surface area contributed by atoms with E-state index in [1.54, 1.807) is 7.11 Å². The van der Waals surface area contributed by atoms with E-state index in [1.807, 2.05) is 24.3 Å². The first-order valence-electron chi connectivity index (χ1n) is 8.18. The van der Waals surface area contributed by atoms with Gasteiger partial charge in [-0.25, -0.2) is 8.42 Å². The Labute approximate surface area is 148 Å². The minimum atomic E-state index is -3.05. The largest absolute Gasteiger partial charge is 0.496 e. The van der Waals surface area contributed by atoms with E-state index in [-0.39, 0.29) is 35.9 Å². The lowest BCUT2D eigenvalue weighted by Crippen LogP contribution is -2.44. The second-order valence-electron chi connectivity index (χ2n) is 6.17. The first-order chi connectivity index (χ1) is 11.8. The van der Waals surface area contributed by atoms with Crippen LogP contribution in [0.15, 0.2) is 24.3 Å². The van der Waals surface area contributed by atoms with Gasteiger partial charge in [-0.3, -0.25) is 9.59 Å². The third-order valence-electron chi connectivity index (χ3n) is 4.22. The van der Waals surface area contributed by atoms with E-state index >= 15 is 0 Å². The van der Waals surface area contributed by atoms with Crippen molar-refractivity contribution in [1.82, 2.24) is 10.2 Å². The fourth-order valence-corrected chi connectivity index (χ4v) is 4.54. The molecule has 1 unspecified atom stereocenters. The highest BCUT2D eigenvalue weighted by Crippen LogP contribution is 2.18. The summed E-state index contributed by atoms with van der Waals surface area (Å²) in [4.78, 5) is 25.4. The molecule has 0 spiro atoms. The number of carbonyl (C=O) groups excluding carboxylic acids is 2. The number of carbonyl (C=O) groups is 2. The number of hydrogen-bond donors (Lipinski definition) is 1. The molecule has 1 aromatic carbocycles. The molecule has 25 heavy (non-hydrogen) atoms. The quantitative estimate of drug-likeness (QED) is 0.752. The van der Waals surface area contributed by atoms with Gasteiger partial charge in [0.05, 0.1) is 25.2 Å². The predicted molar refractivity (Wildman–Crippen MR) is 94.2 cm³/mol. The van der Waals surface area contributed by atoms with E-state index in [2.05, 4.69) is 5.32 Å². The second-order valence-corrected chi connectivity index (χ2v) is 8.40. The number of methoxy groups -OCH3 is 1. The fourth-order valence-electron chi connectivity index (χ4n) is 2.87. The predicted octanol–water partition coefficient (Wildman–Crippen LogP) is 0.390. The van der Waals surface area contributed by atoms with Gasteiger partial charge in [-0.2, -0.15) is 0 Å². The molecule has 1 aliphatic rings. The van der Waals surface area contributed by atoms with Crippen LogP contribution in [0.2, 0.25) is 0 Å². The number of amides is 2. The van der Waals surface area contributed by atoms with Crippen molar-refractivity contribution < 1.29 is 22.7 Å². The standard InChI is InChI=1S/C17H24N2O5S/c1-13(20)19(9-7-14-5-3-4-6-16(14)24-2)11-17(21)18-15-8-10-25(22,23)12-15/h3-6,15H,7-12H2,1-2H3,(H,18,21). The first-order valence-corrected chi connectivity index (χ1v) is 10.00. The van der Waals surface area contributed by atoms with Crippen molar-refractivity contribution in [3.05, 3.63) is 29.8 Å². The van der Waals surface area contributed by atoms with E-state index in [9.17, 15) is 18.0 Å². The zero-order valence-corrected chi connectivity index (χ0v) is 15.3. The summed E-state index contributed by atoms with van der Waals surface area (Å²) in [5.41, 5.74) is 0.957. The fraction of sp³-hybridized carbons (Fsp3) is 0.529. The Balaban J connectivity index is 1.90. The number of benzene rings is 1. The number of para-hydroxylation sites is 1. The summed E-state index contributed by atoms with van der Waals surface area (Å²) in [6.07, 6.45) is 0.990. The smallest absolute Gasteiger partial charge is 0.239 e. The highest BCUT2D eigenvalue weighted by Gasteiger charge is 2.29. The van der Waals surface area contributed by atoms with Gasteiger partial charge in [0.2, 0.25) is 11.8 Å². The molecular formula is C17H24N2O5S. The molecule has 138 valence electrons. The molecule has 7 nitrogen and oxygen atoms in total. The van der Waals surface area contributed by atoms with Gasteiger partial charge in [-0.1, -0.05) is 18.2 Å². The molecule has 0 aliphatic carbocycles. The molecule has 1 heterocycles. The summed E-state index contributed by atoms with van der Waals surface area (Å²) in [6, 6.07) is 7.17. The van der Waals surface area contributed by atoms with Crippen molar-refractivity contribution in [3.8, 4) is 5.75 Å². The highest BCUT2D eigenvalue weighted by molar-refractivity contribution is 7.91. The third-order valence-corrected chi connectivity index (χ3v) is 5.99. The Kier molecular flexibility index (Phi) is 6.41. The van der Waals surface area contributed by atoms with Gasteiger partial charge in [-0.15, -0.1) is 0 Å².